The standard InChI is InChI=1S/C22H28N2O4/c1-14(2)8-6-9-15(3)12-13-28-21-20(26)17-10-7-11-18(23-16(4)25)19(17)24(5)22(21)27/h7-8,10-12,26H,6,9,13H2,1-5H3,(H,23,25)/b15-12+. The van der Waals surface area contributed by atoms with Crippen LogP contribution in [0.15, 0.2) is 46.3 Å². The molecule has 0 aliphatic carbocycles. The number of nitrogens with one attached hydrogen (secondary N) is 1. The first-order valence-electron chi connectivity index (χ1n) is 9.26. The predicted octanol–water partition coefficient (Wildman–Crippen LogP) is 4.27. The molecular formula is C22H28N2O4. The molecule has 0 atom stereocenters. The topological polar surface area (TPSA) is 80.6 Å². The molecule has 0 aliphatic heterocycles. The van der Waals surface area contributed by atoms with Gasteiger partial charge in [-0.1, -0.05) is 23.3 Å². The van der Waals surface area contributed by atoms with E-state index in [1.54, 1.807) is 25.2 Å². The minimum absolute atomic E-state index is 0.0941. The molecule has 0 fully saturated rings. The maximum Gasteiger partial charge on any atom is 0.297 e. The molecule has 1 amide bonds. The van der Waals surface area contributed by atoms with Crippen molar-refractivity contribution >= 4 is 22.5 Å². The van der Waals surface area contributed by atoms with Gasteiger partial charge >= 0.3 is 0 Å². The molecule has 1 aromatic heterocycles. The Morgan fingerprint density at radius 2 is 1.93 bits per heavy atom. The van der Waals surface area contributed by atoms with Crippen molar-refractivity contribution in [3.05, 3.63) is 51.9 Å². The fourth-order valence-corrected chi connectivity index (χ4v) is 2.95. The van der Waals surface area contributed by atoms with E-state index in [-0.39, 0.29) is 24.0 Å². The minimum Gasteiger partial charge on any atom is -0.504 e. The van der Waals surface area contributed by atoms with Crippen molar-refractivity contribution in [1.29, 1.82) is 0 Å². The summed E-state index contributed by atoms with van der Waals surface area (Å²) in [5.74, 6) is -0.572. The average molecular weight is 384 g/mol. The van der Waals surface area contributed by atoms with Crippen molar-refractivity contribution < 1.29 is 14.6 Å². The van der Waals surface area contributed by atoms with Crippen molar-refractivity contribution in [1.82, 2.24) is 4.57 Å². The number of benzene rings is 1. The summed E-state index contributed by atoms with van der Waals surface area (Å²) in [5.41, 5.74) is 2.88. The number of hydrogen-bond donors (Lipinski definition) is 2. The molecule has 0 spiro atoms. The van der Waals surface area contributed by atoms with Crippen LogP contribution in [0.5, 0.6) is 11.5 Å². The van der Waals surface area contributed by atoms with E-state index < -0.39 is 5.56 Å². The van der Waals surface area contributed by atoms with Crippen LogP contribution in [-0.4, -0.2) is 22.2 Å². The van der Waals surface area contributed by atoms with Crippen LogP contribution in [0, 0.1) is 0 Å². The Morgan fingerprint density at radius 1 is 1.21 bits per heavy atom. The van der Waals surface area contributed by atoms with E-state index in [0.29, 0.717) is 16.6 Å². The van der Waals surface area contributed by atoms with E-state index in [0.717, 1.165) is 18.4 Å². The van der Waals surface area contributed by atoms with Crippen LogP contribution < -0.4 is 15.6 Å². The van der Waals surface area contributed by atoms with Crippen molar-refractivity contribution in [3.63, 3.8) is 0 Å². The number of aromatic nitrogens is 1. The van der Waals surface area contributed by atoms with E-state index in [9.17, 15) is 14.7 Å². The molecule has 0 saturated carbocycles. The Morgan fingerprint density at radius 3 is 2.57 bits per heavy atom. The molecule has 1 aromatic carbocycles. The summed E-state index contributed by atoms with van der Waals surface area (Å²) in [4.78, 5) is 24.1. The second-order valence-electron chi connectivity index (χ2n) is 7.11. The maximum atomic E-state index is 12.7. The number of rotatable bonds is 7. The smallest absolute Gasteiger partial charge is 0.297 e. The van der Waals surface area contributed by atoms with Crippen molar-refractivity contribution in [3.8, 4) is 11.5 Å². The first-order valence-corrected chi connectivity index (χ1v) is 9.26. The second-order valence-corrected chi connectivity index (χ2v) is 7.11. The van der Waals surface area contributed by atoms with Gasteiger partial charge in [0.15, 0.2) is 5.75 Å². The van der Waals surface area contributed by atoms with Crippen LogP contribution in [0.1, 0.15) is 40.5 Å². The number of aryl methyl sites for hydroxylation is 1. The summed E-state index contributed by atoms with van der Waals surface area (Å²) < 4.78 is 6.99. The SMILES string of the molecule is CC(=O)Nc1cccc2c(O)c(OC/C=C(\C)CCC=C(C)C)c(=O)n(C)c12. The number of para-hydroxylation sites is 1. The number of hydrogen-bond acceptors (Lipinski definition) is 4. The van der Waals surface area contributed by atoms with Gasteiger partial charge in [0, 0.05) is 19.4 Å². The summed E-state index contributed by atoms with van der Waals surface area (Å²) >= 11 is 0. The number of fused-ring (bicyclic) bond motifs is 1. The fraction of sp³-hybridized carbons (Fsp3) is 0.364. The molecule has 2 rings (SSSR count). The molecule has 2 aromatic rings. The Bertz CT molecular complexity index is 996. The van der Waals surface area contributed by atoms with E-state index in [1.165, 1.54) is 17.1 Å². The van der Waals surface area contributed by atoms with Crippen molar-refractivity contribution in [2.24, 2.45) is 7.05 Å². The van der Waals surface area contributed by atoms with Gasteiger partial charge in [0.2, 0.25) is 11.7 Å². The number of aromatic hydroxyl groups is 1. The molecule has 0 unspecified atom stereocenters. The second kappa shape index (κ2) is 9.26. The van der Waals surface area contributed by atoms with Crippen LogP contribution in [0.3, 0.4) is 0 Å². The lowest BCUT2D eigenvalue weighted by Crippen LogP contribution is -2.21. The number of anilines is 1. The fourth-order valence-electron chi connectivity index (χ4n) is 2.95. The highest BCUT2D eigenvalue weighted by atomic mass is 16.5. The highest BCUT2D eigenvalue weighted by Crippen LogP contribution is 2.34. The lowest BCUT2D eigenvalue weighted by atomic mass is 10.1. The first-order chi connectivity index (χ1) is 13.2. The molecule has 150 valence electrons. The minimum atomic E-state index is -0.460. The molecule has 2 N–H and O–H groups in total. The van der Waals surface area contributed by atoms with Crippen molar-refractivity contribution in [2.45, 2.75) is 40.5 Å². The number of ether oxygens (including phenoxy) is 1. The maximum absolute atomic E-state index is 12.7. The van der Waals surface area contributed by atoms with Gasteiger partial charge in [0.1, 0.15) is 6.61 Å². The third kappa shape index (κ3) is 5.03. The summed E-state index contributed by atoms with van der Waals surface area (Å²) in [5, 5.41) is 13.7. The van der Waals surface area contributed by atoms with E-state index in [2.05, 4.69) is 25.2 Å². The van der Waals surface area contributed by atoms with E-state index in [4.69, 9.17) is 4.74 Å². The molecule has 28 heavy (non-hydrogen) atoms. The zero-order valence-corrected chi connectivity index (χ0v) is 17.1. The van der Waals surface area contributed by atoms with Gasteiger partial charge in [0.05, 0.1) is 11.2 Å². The number of amides is 1. The Balaban J connectivity index is 2.30. The molecule has 6 heteroatoms. The molecule has 0 radical (unpaired) electrons. The number of nitrogens with zero attached hydrogens (tertiary/aromatic N) is 1. The predicted molar refractivity (Wildman–Crippen MR) is 113 cm³/mol. The lowest BCUT2D eigenvalue weighted by Gasteiger charge is -2.15. The van der Waals surface area contributed by atoms with E-state index in [1.807, 2.05) is 13.0 Å². The number of pyridine rings is 1. The third-order valence-corrected chi connectivity index (χ3v) is 4.40. The largest absolute Gasteiger partial charge is 0.504 e. The normalized spacial score (nSPS) is 11.4. The Hall–Kier alpha value is -3.02. The third-order valence-electron chi connectivity index (χ3n) is 4.40. The molecular weight excluding hydrogens is 356 g/mol. The first kappa shape index (κ1) is 21.3. The van der Waals surface area contributed by atoms with Crippen LogP contribution in [0.25, 0.3) is 10.9 Å². The van der Waals surface area contributed by atoms with Crippen LogP contribution in [0.2, 0.25) is 0 Å². The Labute approximate surface area is 165 Å². The summed E-state index contributed by atoms with van der Waals surface area (Å²) in [6, 6.07) is 5.07. The van der Waals surface area contributed by atoms with Gasteiger partial charge in [-0.2, -0.15) is 0 Å². The molecule has 0 saturated heterocycles. The van der Waals surface area contributed by atoms with Crippen LogP contribution in [-0.2, 0) is 11.8 Å². The summed E-state index contributed by atoms with van der Waals surface area (Å²) in [7, 11) is 1.59. The van der Waals surface area contributed by atoms with Gasteiger partial charge in [-0.15, -0.1) is 0 Å². The number of carbonyl (C=O) groups is 1. The quantitative estimate of drug-likeness (QED) is 0.699. The zero-order valence-electron chi connectivity index (χ0n) is 17.1. The van der Waals surface area contributed by atoms with Gasteiger partial charge < -0.3 is 19.7 Å². The molecule has 1 heterocycles. The van der Waals surface area contributed by atoms with Crippen molar-refractivity contribution in [2.75, 3.05) is 11.9 Å². The lowest BCUT2D eigenvalue weighted by molar-refractivity contribution is -0.114. The summed E-state index contributed by atoms with van der Waals surface area (Å²) in [6.45, 7) is 7.73. The molecule has 0 bridgehead atoms. The van der Waals surface area contributed by atoms with Gasteiger partial charge in [-0.25, -0.2) is 0 Å². The van der Waals surface area contributed by atoms with Gasteiger partial charge in [-0.05, 0) is 51.8 Å². The van der Waals surface area contributed by atoms with Crippen LogP contribution in [0.4, 0.5) is 5.69 Å². The average Bonchev–Trinajstić information content (AvgIpc) is 2.61. The van der Waals surface area contributed by atoms with E-state index >= 15 is 0 Å². The molecule has 6 nitrogen and oxygen atoms in total. The number of allylic oxidation sites excluding steroid dienone is 3. The Kier molecular flexibility index (Phi) is 7.04. The highest BCUT2D eigenvalue weighted by molar-refractivity contribution is 6.02. The summed E-state index contributed by atoms with van der Waals surface area (Å²) in [6.07, 6.45) is 5.96. The van der Waals surface area contributed by atoms with Crippen LogP contribution >= 0.6 is 0 Å². The highest BCUT2D eigenvalue weighted by Gasteiger charge is 2.18. The zero-order chi connectivity index (χ0) is 20.8. The van der Waals surface area contributed by atoms with Gasteiger partial charge in [-0.3, -0.25) is 9.59 Å². The van der Waals surface area contributed by atoms with Gasteiger partial charge in [0.25, 0.3) is 5.56 Å². The number of carbonyl (C=O) groups excluding carboxylic acids is 1. The monoisotopic (exact) mass is 384 g/mol. The molecule has 0 aliphatic rings.